The molecule has 1 amide bonds. The minimum absolute atomic E-state index is 0.173. The van der Waals surface area contributed by atoms with E-state index in [-0.39, 0.29) is 5.91 Å². The monoisotopic (exact) mass is 337 g/mol. The number of carbonyl (C=O) groups excluding carboxylic acids is 1. The third-order valence-electron chi connectivity index (χ3n) is 3.23. The second kappa shape index (κ2) is 7.01. The average Bonchev–Trinajstić information content (AvgIpc) is 2.45. The molecule has 2 aromatic rings. The number of halogens is 2. The fraction of sp³-hybridized carbons (Fsp3) is 0.188. The van der Waals surface area contributed by atoms with Gasteiger partial charge in [-0.25, -0.2) is 0 Å². The molecule has 2 rings (SSSR count). The Morgan fingerprint density at radius 1 is 1.14 bits per heavy atom. The summed E-state index contributed by atoms with van der Waals surface area (Å²) in [6.07, 6.45) is 0. The molecule has 0 radical (unpaired) electrons. The second-order valence-electron chi connectivity index (χ2n) is 5.12. The quantitative estimate of drug-likeness (QED) is 0.834. The Morgan fingerprint density at radius 2 is 1.68 bits per heavy atom. The van der Waals surface area contributed by atoms with Crippen molar-refractivity contribution in [3.63, 3.8) is 0 Å². The number of hydrogen-bond acceptors (Lipinski definition) is 3. The van der Waals surface area contributed by atoms with Gasteiger partial charge < -0.3 is 11.1 Å². The maximum absolute atomic E-state index is 12.6. The molecule has 1 atom stereocenters. The van der Waals surface area contributed by atoms with Crippen molar-refractivity contribution in [1.29, 1.82) is 0 Å². The van der Waals surface area contributed by atoms with Crippen LogP contribution in [0.4, 0.5) is 11.4 Å². The number of hydrogen-bond donors (Lipinski definition) is 2. The average molecular weight is 338 g/mol. The van der Waals surface area contributed by atoms with Crippen LogP contribution in [0.2, 0.25) is 10.0 Å². The highest BCUT2D eigenvalue weighted by Gasteiger charge is 2.23. The summed E-state index contributed by atoms with van der Waals surface area (Å²) in [4.78, 5) is 14.4. The van der Waals surface area contributed by atoms with Crippen molar-refractivity contribution < 1.29 is 4.79 Å². The smallest absolute Gasteiger partial charge is 0.246 e. The Hall–Kier alpha value is -1.75. The summed E-state index contributed by atoms with van der Waals surface area (Å²) in [5.74, 6) is -0.173. The molecule has 0 spiro atoms. The fourth-order valence-corrected chi connectivity index (χ4v) is 2.67. The van der Waals surface area contributed by atoms with E-state index in [4.69, 9.17) is 28.9 Å². The van der Waals surface area contributed by atoms with Gasteiger partial charge in [0.05, 0.1) is 15.7 Å². The highest BCUT2D eigenvalue weighted by molar-refractivity contribution is 6.39. The van der Waals surface area contributed by atoms with E-state index in [1.54, 1.807) is 12.1 Å². The first-order chi connectivity index (χ1) is 10.4. The van der Waals surface area contributed by atoms with Crippen LogP contribution in [0.25, 0.3) is 0 Å². The van der Waals surface area contributed by atoms with Crippen LogP contribution in [0.1, 0.15) is 11.6 Å². The Bertz CT molecular complexity index is 651. The number of nitrogens with zero attached hydrogens (tertiary/aromatic N) is 1. The summed E-state index contributed by atoms with van der Waals surface area (Å²) >= 11 is 12.0. The molecule has 0 bridgehead atoms. The van der Waals surface area contributed by atoms with Crippen LogP contribution in [0, 0.1) is 0 Å². The predicted octanol–water partition coefficient (Wildman–Crippen LogP) is 3.82. The second-order valence-corrected chi connectivity index (χ2v) is 5.93. The number of anilines is 2. The first-order valence-corrected chi connectivity index (χ1v) is 7.42. The van der Waals surface area contributed by atoms with Crippen LogP contribution in [0.3, 0.4) is 0 Å². The van der Waals surface area contributed by atoms with E-state index in [0.717, 1.165) is 5.56 Å². The van der Waals surface area contributed by atoms with Gasteiger partial charge in [0.2, 0.25) is 5.91 Å². The molecule has 0 aliphatic rings. The van der Waals surface area contributed by atoms with Crippen LogP contribution in [-0.2, 0) is 4.79 Å². The van der Waals surface area contributed by atoms with Gasteiger partial charge in [0.25, 0.3) is 0 Å². The summed E-state index contributed by atoms with van der Waals surface area (Å²) < 4.78 is 0. The van der Waals surface area contributed by atoms with E-state index in [0.29, 0.717) is 21.4 Å². The molecule has 0 saturated heterocycles. The molecule has 1 unspecified atom stereocenters. The van der Waals surface area contributed by atoms with Gasteiger partial charge in [-0.3, -0.25) is 9.69 Å². The lowest BCUT2D eigenvalue weighted by Gasteiger charge is -2.24. The highest BCUT2D eigenvalue weighted by atomic mass is 35.5. The number of benzene rings is 2. The summed E-state index contributed by atoms with van der Waals surface area (Å²) in [5, 5.41) is 3.44. The molecule has 6 heteroatoms. The molecule has 0 saturated carbocycles. The van der Waals surface area contributed by atoms with Crippen molar-refractivity contribution in [2.75, 3.05) is 25.1 Å². The summed E-state index contributed by atoms with van der Waals surface area (Å²) in [5.41, 5.74) is 7.41. The van der Waals surface area contributed by atoms with Gasteiger partial charge in [-0.05, 0) is 31.8 Å². The molecule has 3 N–H and O–H groups in total. The number of nitrogens with two attached hydrogens (primary N) is 1. The van der Waals surface area contributed by atoms with Crippen molar-refractivity contribution >= 4 is 40.5 Å². The van der Waals surface area contributed by atoms with E-state index in [9.17, 15) is 4.79 Å². The topological polar surface area (TPSA) is 58.4 Å². The van der Waals surface area contributed by atoms with Crippen molar-refractivity contribution in [3.8, 4) is 0 Å². The lowest BCUT2D eigenvalue weighted by Crippen LogP contribution is -2.32. The highest BCUT2D eigenvalue weighted by Crippen LogP contribution is 2.31. The van der Waals surface area contributed by atoms with Crippen LogP contribution < -0.4 is 11.1 Å². The molecular formula is C16H17Cl2N3O. The number of nitrogens with one attached hydrogen (secondary N) is 1. The Kier molecular flexibility index (Phi) is 5.29. The van der Waals surface area contributed by atoms with E-state index in [2.05, 4.69) is 5.32 Å². The van der Waals surface area contributed by atoms with Crippen LogP contribution in [0.5, 0.6) is 0 Å². The molecule has 22 heavy (non-hydrogen) atoms. The number of carbonyl (C=O) groups is 1. The summed E-state index contributed by atoms with van der Waals surface area (Å²) in [6, 6.07) is 12.3. The zero-order chi connectivity index (χ0) is 16.3. The SMILES string of the molecule is CN(C)C(C(=O)Nc1cc(Cl)c(N)c(Cl)c1)c1ccccc1. The van der Waals surface area contributed by atoms with Gasteiger partial charge in [-0.1, -0.05) is 53.5 Å². The van der Waals surface area contributed by atoms with Gasteiger partial charge >= 0.3 is 0 Å². The predicted molar refractivity (Wildman–Crippen MR) is 92.4 cm³/mol. The van der Waals surface area contributed by atoms with Crippen molar-refractivity contribution in [3.05, 3.63) is 58.1 Å². The van der Waals surface area contributed by atoms with Gasteiger partial charge in [0.1, 0.15) is 6.04 Å². The first-order valence-electron chi connectivity index (χ1n) is 6.67. The van der Waals surface area contributed by atoms with Crippen molar-refractivity contribution in [1.82, 2.24) is 4.90 Å². The maximum Gasteiger partial charge on any atom is 0.246 e. The maximum atomic E-state index is 12.6. The lowest BCUT2D eigenvalue weighted by atomic mass is 10.1. The molecule has 0 heterocycles. The summed E-state index contributed by atoms with van der Waals surface area (Å²) in [6.45, 7) is 0. The minimum Gasteiger partial charge on any atom is -0.396 e. The van der Waals surface area contributed by atoms with E-state index >= 15 is 0 Å². The van der Waals surface area contributed by atoms with E-state index < -0.39 is 6.04 Å². The third kappa shape index (κ3) is 3.71. The Balaban J connectivity index is 2.26. The number of amides is 1. The van der Waals surface area contributed by atoms with Crippen molar-refractivity contribution in [2.45, 2.75) is 6.04 Å². The normalized spacial score (nSPS) is 12.2. The minimum atomic E-state index is -0.420. The Labute approximate surface area is 139 Å². The molecule has 0 aliphatic heterocycles. The molecule has 0 fully saturated rings. The zero-order valence-corrected chi connectivity index (χ0v) is 13.8. The van der Waals surface area contributed by atoms with Crippen LogP contribution in [-0.4, -0.2) is 24.9 Å². The van der Waals surface area contributed by atoms with Gasteiger partial charge in [-0.2, -0.15) is 0 Å². The molecular weight excluding hydrogens is 321 g/mol. The largest absolute Gasteiger partial charge is 0.396 e. The Morgan fingerprint density at radius 3 is 2.18 bits per heavy atom. The molecule has 116 valence electrons. The third-order valence-corrected chi connectivity index (χ3v) is 3.85. The number of likely N-dealkylation sites (N-methyl/N-ethyl adjacent to an activating group) is 1. The van der Waals surface area contributed by atoms with Gasteiger partial charge in [-0.15, -0.1) is 0 Å². The van der Waals surface area contributed by atoms with E-state index in [1.165, 1.54) is 0 Å². The molecule has 2 aromatic carbocycles. The summed E-state index contributed by atoms with van der Waals surface area (Å²) in [7, 11) is 3.69. The fourth-order valence-electron chi connectivity index (χ4n) is 2.19. The first kappa shape index (κ1) is 16.6. The number of nitrogen functional groups attached to an aromatic ring is 1. The van der Waals surface area contributed by atoms with Crippen molar-refractivity contribution in [2.24, 2.45) is 0 Å². The molecule has 4 nitrogen and oxygen atoms in total. The standard InChI is InChI=1S/C16H17Cl2N3O/c1-21(2)15(10-6-4-3-5-7-10)16(22)20-11-8-12(17)14(19)13(18)9-11/h3-9,15H,19H2,1-2H3,(H,20,22). The molecule has 0 aliphatic carbocycles. The van der Waals surface area contributed by atoms with Gasteiger partial charge in [0, 0.05) is 5.69 Å². The van der Waals surface area contributed by atoms with Crippen LogP contribution in [0.15, 0.2) is 42.5 Å². The zero-order valence-electron chi connectivity index (χ0n) is 12.3. The van der Waals surface area contributed by atoms with E-state index in [1.807, 2.05) is 49.3 Å². The van der Waals surface area contributed by atoms with Crippen LogP contribution >= 0.6 is 23.2 Å². The molecule has 0 aromatic heterocycles. The van der Waals surface area contributed by atoms with Gasteiger partial charge in [0.15, 0.2) is 0 Å². The lowest BCUT2D eigenvalue weighted by molar-refractivity contribution is -0.120. The number of rotatable bonds is 4.